The van der Waals surface area contributed by atoms with Gasteiger partial charge in [0.15, 0.2) is 0 Å². The molecule has 2 fully saturated rings. The Morgan fingerprint density at radius 1 is 1.24 bits per heavy atom. The molecule has 0 aromatic rings. The molecular weight excluding hydrogens is 208 g/mol. The Hall–Kier alpha value is -0.0800. The SMILES string of the molecule is CC(C)CCN(CC1(C)CCNCC1)C1CC1. The van der Waals surface area contributed by atoms with E-state index in [4.69, 9.17) is 0 Å². The van der Waals surface area contributed by atoms with Crippen molar-refractivity contribution < 1.29 is 0 Å². The van der Waals surface area contributed by atoms with E-state index in [0.29, 0.717) is 5.41 Å². The topological polar surface area (TPSA) is 15.3 Å². The summed E-state index contributed by atoms with van der Waals surface area (Å²) in [5.74, 6) is 0.845. The van der Waals surface area contributed by atoms with Crippen LogP contribution in [-0.4, -0.2) is 37.1 Å². The van der Waals surface area contributed by atoms with Crippen LogP contribution in [0.25, 0.3) is 0 Å². The smallest absolute Gasteiger partial charge is 0.00966 e. The number of nitrogens with one attached hydrogen (secondary N) is 1. The highest BCUT2D eigenvalue weighted by molar-refractivity contribution is 4.90. The predicted octanol–water partition coefficient (Wildman–Crippen LogP) is 2.89. The second kappa shape index (κ2) is 5.71. The van der Waals surface area contributed by atoms with Crippen LogP contribution < -0.4 is 5.32 Å². The van der Waals surface area contributed by atoms with E-state index >= 15 is 0 Å². The molecule has 0 radical (unpaired) electrons. The fourth-order valence-corrected chi connectivity index (χ4v) is 2.93. The standard InChI is InChI=1S/C15H30N2/c1-13(2)6-11-17(14-4-5-14)12-15(3)7-9-16-10-8-15/h13-14,16H,4-12H2,1-3H3. The minimum atomic E-state index is 0.574. The lowest BCUT2D eigenvalue weighted by Crippen LogP contribution is -2.44. The van der Waals surface area contributed by atoms with Gasteiger partial charge in [0.2, 0.25) is 0 Å². The van der Waals surface area contributed by atoms with Crippen molar-refractivity contribution >= 4 is 0 Å². The van der Waals surface area contributed by atoms with Gasteiger partial charge in [-0.3, -0.25) is 4.90 Å². The summed E-state index contributed by atoms with van der Waals surface area (Å²) in [6, 6.07) is 0.931. The van der Waals surface area contributed by atoms with Gasteiger partial charge in [0.05, 0.1) is 0 Å². The van der Waals surface area contributed by atoms with E-state index in [-0.39, 0.29) is 0 Å². The Labute approximate surface area is 107 Å². The molecule has 17 heavy (non-hydrogen) atoms. The molecule has 0 spiro atoms. The third-order valence-electron chi connectivity index (χ3n) is 4.45. The van der Waals surface area contributed by atoms with Crippen molar-refractivity contribution in [2.24, 2.45) is 11.3 Å². The van der Waals surface area contributed by atoms with Crippen LogP contribution in [0.4, 0.5) is 0 Å². The van der Waals surface area contributed by atoms with E-state index in [2.05, 4.69) is 31.0 Å². The molecule has 0 aromatic heterocycles. The second-order valence-corrected chi connectivity index (χ2v) is 6.94. The highest BCUT2D eigenvalue weighted by Gasteiger charge is 2.35. The summed E-state index contributed by atoms with van der Waals surface area (Å²) in [5, 5.41) is 3.49. The fraction of sp³-hybridized carbons (Fsp3) is 1.00. The first-order valence-corrected chi connectivity index (χ1v) is 7.54. The van der Waals surface area contributed by atoms with Crippen LogP contribution in [0.5, 0.6) is 0 Å². The van der Waals surface area contributed by atoms with Crippen LogP contribution in [0.3, 0.4) is 0 Å². The predicted molar refractivity (Wildman–Crippen MR) is 74.3 cm³/mol. The highest BCUT2D eigenvalue weighted by Crippen LogP contribution is 2.34. The van der Waals surface area contributed by atoms with Gasteiger partial charge < -0.3 is 5.32 Å². The Morgan fingerprint density at radius 2 is 1.88 bits per heavy atom. The van der Waals surface area contributed by atoms with Crippen LogP contribution in [-0.2, 0) is 0 Å². The maximum absolute atomic E-state index is 3.49. The number of hydrogen-bond donors (Lipinski definition) is 1. The quantitative estimate of drug-likeness (QED) is 0.765. The van der Waals surface area contributed by atoms with Crippen LogP contribution in [0.2, 0.25) is 0 Å². The van der Waals surface area contributed by atoms with Gasteiger partial charge in [-0.1, -0.05) is 20.8 Å². The van der Waals surface area contributed by atoms with Gasteiger partial charge in [-0.25, -0.2) is 0 Å². The van der Waals surface area contributed by atoms with Crippen molar-refractivity contribution in [1.82, 2.24) is 10.2 Å². The van der Waals surface area contributed by atoms with Crippen LogP contribution in [0, 0.1) is 11.3 Å². The average molecular weight is 238 g/mol. The van der Waals surface area contributed by atoms with Gasteiger partial charge in [-0.05, 0) is 63.1 Å². The second-order valence-electron chi connectivity index (χ2n) is 6.94. The van der Waals surface area contributed by atoms with Gasteiger partial charge in [-0.2, -0.15) is 0 Å². The molecular formula is C15H30N2. The molecule has 1 aliphatic heterocycles. The number of rotatable bonds is 6. The molecule has 1 aliphatic carbocycles. The van der Waals surface area contributed by atoms with Gasteiger partial charge in [0, 0.05) is 12.6 Å². The third kappa shape index (κ3) is 4.26. The highest BCUT2D eigenvalue weighted by atomic mass is 15.2. The summed E-state index contributed by atoms with van der Waals surface area (Å²) in [7, 11) is 0. The maximum Gasteiger partial charge on any atom is 0.00966 e. The van der Waals surface area contributed by atoms with E-state index in [1.54, 1.807) is 0 Å². The van der Waals surface area contributed by atoms with Crippen LogP contribution in [0.15, 0.2) is 0 Å². The molecule has 0 bridgehead atoms. The zero-order valence-electron chi connectivity index (χ0n) is 12.0. The van der Waals surface area contributed by atoms with Crippen LogP contribution >= 0.6 is 0 Å². The zero-order chi connectivity index (χ0) is 12.3. The summed E-state index contributed by atoms with van der Waals surface area (Å²) in [5.41, 5.74) is 0.574. The van der Waals surface area contributed by atoms with Crippen molar-refractivity contribution in [1.29, 1.82) is 0 Å². The summed E-state index contributed by atoms with van der Waals surface area (Å²) >= 11 is 0. The number of nitrogens with zero attached hydrogens (tertiary/aromatic N) is 1. The summed E-state index contributed by atoms with van der Waals surface area (Å²) in [6.07, 6.45) is 6.99. The van der Waals surface area contributed by atoms with Gasteiger partial charge >= 0.3 is 0 Å². The molecule has 1 heterocycles. The minimum absolute atomic E-state index is 0.574. The molecule has 1 saturated heterocycles. The molecule has 1 saturated carbocycles. The van der Waals surface area contributed by atoms with Gasteiger partial charge in [0.25, 0.3) is 0 Å². The molecule has 100 valence electrons. The molecule has 0 aromatic carbocycles. The maximum atomic E-state index is 3.49. The molecule has 2 nitrogen and oxygen atoms in total. The summed E-state index contributed by atoms with van der Waals surface area (Å²) in [6.45, 7) is 12.3. The molecule has 0 amide bonds. The van der Waals surface area contributed by atoms with Crippen LogP contribution in [0.1, 0.15) is 52.9 Å². The Kier molecular flexibility index (Phi) is 4.48. The number of hydrogen-bond acceptors (Lipinski definition) is 2. The third-order valence-corrected chi connectivity index (χ3v) is 4.45. The van der Waals surface area contributed by atoms with Crippen molar-refractivity contribution in [2.45, 2.75) is 58.9 Å². The Morgan fingerprint density at radius 3 is 2.41 bits per heavy atom. The van der Waals surface area contributed by atoms with Crippen molar-refractivity contribution in [3.8, 4) is 0 Å². The number of piperidine rings is 1. The average Bonchev–Trinajstić information content (AvgIpc) is 3.08. The van der Waals surface area contributed by atoms with E-state index < -0.39 is 0 Å². The molecule has 2 rings (SSSR count). The van der Waals surface area contributed by atoms with E-state index in [1.807, 2.05) is 0 Å². The van der Waals surface area contributed by atoms with E-state index in [0.717, 1.165) is 12.0 Å². The molecule has 0 atom stereocenters. The first-order valence-electron chi connectivity index (χ1n) is 7.54. The largest absolute Gasteiger partial charge is 0.317 e. The van der Waals surface area contributed by atoms with Crippen molar-refractivity contribution in [3.05, 3.63) is 0 Å². The lowest BCUT2D eigenvalue weighted by atomic mass is 9.80. The molecule has 2 aliphatic rings. The summed E-state index contributed by atoms with van der Waals surface area (Å²) < 4.78 is 0. The first-order chi connectivity index (χ1) is 8.09. The lowest BCUT2D eigenvalue weighted by molar-refractivity contribution is 0.118. The van der Waals surface area contributed by atoms with Crippen molar-refractivity contribution in [2.75, 3.05) is 26.2 Å². The van der Waals surface area contributed by atoms with Gasteiger partial charge in [-0.15, -0.1) is 0 Å². The fourth-order valence-electron chi connectivity index (χ4n) is 2.93. The lowest BCUT2D eigenvalue weighted by Gasteiger charge is -2.39. The minimum Gasteiger partial charge on any atom is -0.317 e. The first kappa shape index (κ1) is 13.4. The van der Waals surface area contributed by atoms with E-state index in [1.165, 1.54) is 58.3 Å². The van der Waals surface area contributed by atoms with Crippen molar-refractivity contribution in [3.63, 3.8) is 0 Å². The van der Waals surface area contributed by atoms with Gasteiger partial charge in [0.1, 0.15) is 0 Å². The molecule has 0 unspecified atom stereocenters. The van der Waals surface area contributed by atoms with E-state index in [9.17, 15) is 0 Å². The molecule has 1 N–H and O–H groups in total. The molecule has 2 heteroatoms. The summed E-state index contributed by atoms with van der Waals surface area (Å²) in [4.78, 5) is 2.80. The normalized spacial score (nSPS) is 24.5. The monoisotopic (exact) mass is 238 g/mol. The zero-order valence-corrected chi connectivity index (χ0v) is 12.0. The Bertz CT molecular complexity index is 227. The Balaban J connectivity index is 1.83.